The van der Waals surface area contributed by atoms with E-state index in [1.165, 1.54) is 0 Å². The largest absolute Gasteiger partial charge is 0.492 e. The highest BCUT2D eigenvalue weighted by molar-refractivity contribution is 6.32. The van der Waals surface area contributed by atoms with Gasteiger partial charge in [0, 0.05) is 6.07 Å². The summed E-state index contributed by atoms with van der Waals surface area (Å²) >= 11 is 5.65. The number of rotatable bonds is 4. The molecule has 0 aliphatic rings. The van der Waals surface area contributed by atoms with Crippen LogP contribution in [0.2, 0.25) is 5.02 Å². The average Bonchev–Trinajstić information content (AvgIpc) is 2.16. The fraction of sp³-hybridized carbons (Fsp3) is 0.333. The van der Waals surface area contributed by atoms with Crippen LogP contribution in [0.1, 0.15) is 13.3 Å². The Kier molecular flexibility index (Phi) is 3.85. The lowest BCUT2D eigenvalue weighted by Crippen LogP contribution is -1.99. The van der Waals surface area contributed by atoms with Gasteiger partial charge in [-0.2, -0.15) is 4.39 Å². The Morgan fingerprint density at radius 2 is 2.27 bits per heavy atom. The molecule has 0 atom stereocenters. The molecule has 0 aliphatic heterocycles. The first-order chi connectivity index (χ1) is 7.06. The number of benzene rings is 1. The summed E-state index contributed by atoms with van der Waals surface area (Å²) < 4.78 is 18.2. The molecule has 1 rings (SSSR count). The van der Waals surface area contributed by atoms with Gasteiger partial charge in [-0.15, -0.1) is 0 Å². The van der Waals surface area contributed by atoms with Gasteiger partial charge in [-0.05, 0) is 6.42 Å². The number of halogens is 2. The molecule has 0 N–H and O–H groups in total. The minimum Gasteiger partial charge on any atom is -0.492 e. The molecule has 4 nitrogen and oxygen atoms in total. The highest BCUT2D eigenvalue weighted by atomic mass is 35.5. The van der Waals surface area contributed by atoms with Crippen LogP contribution in [0.15, 0.2) is 12.1 Å². The molecule has 0 heterocycles. The molecule has 0 saturated carbocycles. The predicted molar refractivity (Wildman–Crippen MR) is 53.9 cm³/mol. The molecule has 0 saturated heterocycles. The molecule has 0 radical (unpaired) electrons. The Bertz CT molecular complexity index is 384. The lowest BCUT2D eigenvalue weighted by atomic mass is 10.3. The van der Waals surface area contributed by atoms with E-state index in [0.717, 1.165) is 18.6 Å². The molecule has 0 bridgehead atoms. The Morgan fingerprint density at radius 3 is 2.80 bits per heavy atom. The zero-order chi connectivity index (χ0) is 11.4. The fourth-order valence-electron chi connectivity index (χ4n) is 0.981. The molecule has 15 heavy (non-hydrogen) atoms. The van der Waals surface area contributed by atoms with Gasteiger partial charge in [-0.3, -0.25) is 10.1 Å². The van der Waals surface area contributed by atoms with Crippen molar-refractivity contribution in [3.63, 3.8) is 0 Å². The van der Waals surface area contributed by atoms with Crippen LogP contribution in [0.3, 0.4) is 0 Å². The van der Waals surface area contributed by atoms with Crippen LogP contribution in [-0.4, -0.2) is 11.5 Å². The molecule has 0 aliphatic carbocycles. The number of hydrogen-bond acceptors (Lipinski definition) is 3. The van der Waals surface area contributed by atoms with E-state index in [4.69, 9.17) is 16.3 Å². The molecular weight excluding hydrogens is 225 g/mol. The van der Waals surface area contributed by atoms with E-state index in [0.29, 0.717) is 6.61 Å². The first-order valence-corrected chi connectivity index (χ1v) is 4.70. The van der Waals surface area contributed by atoms with Gasteiger partial charge in [-0.1, -0.05) is 18.5 Å². The lowest BCUT2D eigenvalue weighted by molar-refractivity contribution is -0.387. The van der Waals surface area contributed by atoms with Gasteiger partial charge in [0.1, 0.15) is 5.75 Å². The maximum atomic E-state index is 13.0. The van der Waals surface area contributed by atoms with E-state index >= 15 is 0 Å². The third kappa shape index (κ3) is 2.79. The minimum atomic E-state index is -0.964. The van der Waals surface area contributed by atoms with E-state index in [-0.39, 0.29) is 10.8 Å². The van der Waals surface area contributed by atoms with E-state index in [2.05, 4.69) is 0 Å². The number of ether oxygens (including phenoxy) is 1. The SMILES string of the molecule is CCCOc1cc([N+](=O)[O-])c(F)cc1Cl. The van der Waals surface area contributed by atoms with Gasteiger partial charge in [0.25, 0.3) is 0 Å². The molecule has 0 aromatic heterocycles. The molecule has 6 heteroatoms. The average molecular weight is 234 g/mol. The Hall–Kier alpha value is -1.36. The fourth-order valence-corrected chi connectivity index (χ4v) is 1.19. The number of nitro benzene ring substituents is 1. The first kappa shape index (κ1) is 11.7. The summed E-state index contributed by atoms with van der Waals surface area (Å²) in [5.74, 6) is -0.833. The highest BCUT2D eigenvalue weighted by Gasteiger charge is 2.18. The van der Waals surface area contributed by atoms with Crippen molar-refractivity contribution in [1.29, 1.82) is 0 Å². The summed E-state index contributed by atoms with van der Waals surface area (Å²) in [6.07, 6.45) is 0.738. The van der Waals surface area contributed by atoms with Crippen molar-refractivity contribution in [3.8, 4) is 5.75 Å². The van der Waals surface area contributed by atoms with Gasteiger partial charge in [0.2, 0.25) is 5.82 Å². The monoisotopic (exact) mass is 233 g/mol. The number of nitrogens with zero attached hydrogens (tertiary/aromatic N) is 1. The second-order valence-electron chi connectivity index (χ2n) is 2.84. The summed E-state index contributed by atoms with van der Waals surface area (Å²) in [5.41, 5.74) is -0.634. The molecule has 1 aromatic rings. The quantitative estimate of drug-likeness (QED) is 0.593. The van der Waals surface area contributed by atoms with Crippen LogP contribution >= 0.6 is 11.6 Å². The van der Waals surface area contributed by atoms with Gasteiger partial charge >= 0.3 is 5.69 Å². The molecule has 1 aromatic carbocycles. The predicted octanol–water partition coefficient (Wildman–Crippen LogP) is 3.18. The van der Waals surface area contributed by atoms with Crippen LogP contribution in [0, 0.1) is 15.9 Å². The summed E-state index contributed by atoms with van der Waals surface area (Å²) in [6, 6.07) is 1.87. The van der Waals surface area contributed by atoms with Gasteiger partial charge < -0.3 is 4.74 Å². The maximum Gasteiger partial charge on any atom is 0.308 e. The Balaban J connectivity index is 3.06. The van der Waals surface area contributed by atoms with Gasteiger partial charge in [0.05, 0.1) is 22.6 Å². The van der Waals surface area contributed by atoms with Gasteiger partial charge in [0.15, 0.2) is 0 Å². The molecule has 0 spiro atoms. The standard InChI is InChI=1S/C9H9ClFNO3/c1-2-3-15-9-5-8(12(13)14)7(11)4-6(9)10/h4-5H,2-3H2,1H3. The van der Waals surface area contributed by atoms with Crippen molar-refractivity contribution in [2.45, 2.75) is 13.3 Å². The topological polar surface area (TPSA) is 52.4 Å². The highest BCUT2D eigenvalue weighted by Crippen LogP contribution is 2.31. The Morgan fingerprint density at radius 1 is 1.60 bits per heavy atom. The zero-order valence-corrected chi connectivity index (χ0v) is 8.75. The summed E-state index contributed by atoms with van der Waals surface area (Å²) in [4.78, 5) is 9.61. The molecule has 82 valence electrons. The maximum absolute atomic E-state index is 13.0. The van der Waals surface area contributed by atoms with E-state index in [1.807, 2.05) is 6.92 Å². The smallest absolute Gasteiger partial charge is 0.308 e. The summed E-state index contributed by atoms with van der Waals surface area (Å²) in [7, 11) is 0. The summed E-state index contributed by atoms with van der Waals surface area (Å²) in [6.45, 7) is 2.26. The first-order valence-electron chi connectivity index (χ1n) is 4.32. The van der Waals surface area contributed by atoms with Crippen LogP contribution in [-0.2, 0) is 0 Å². The molecule has 0 unspecified atom stereocenters. The van der Waals surface area contributed by atoms with Crippen molar-refractivity contribution in [3.05, 3.63) is 33.1 Å². The number of nitro groups is 1. The Labute approximate surface area is 90.8 Å². The minimum absolute atomic E-state index is 0.0338. The lowest BCUT2D eigenvalue weighted by Gasteiger charge is -2.06. The van der Waals surface area contributed by atoms with Gasteiger partial charge in [-0.25, -0.2) is 0 Å². The molecule has 0 amide bonds. The van der Waals surface area contributed by atoms with Crippen LogP contribution in [0.5, 0.6) is 5.75 Å². The van der Waals surface area contributed by atoms with Crippen LogP contribution in [0.4, 0.5) is 10.1 Å². The van der Waals surface area contributed by atoms with Crippen molar-refractivity contribution in [2.75, 3.05) is 6.61 Å². The molecule has 0 fully saturated rings. The van der Waals surface area contributed by atoms with Crippen molar-refractivity contribution in [2.24, 2.45) is 0 Å². The normalized spacial score (nSPS) is 10.1. The van der Waals surface area contributed by atoms with E-state index in [1.54, 1.807) is 0 Å². The number of hydrogen-bond donors (Lipinski definition) is 0. The van der Waals surface area contributed by atoms with Crippen molar-refractivity contribution in [1.82, 2.24) is 0 Å². The molecular formula is C9H9ClFNO3. The van der Waals surface area contributed by atoms with Crippen molar-refractivity contribution < 1.29 is 14.1 Å². The zero-order valence-electron chi connectivity index (χ0n) is 8.00. The van der Waals surface area contributed by atoms with Crippen LogP contribution < -0.4 is 4.74 Å². The van der Waals surface area contributed by atoms with Crippen LogP contribution in [0.25, 0.3) is 0 Å². The second-order valence-corrected chi connectivity index (χ2v) is 3.25. The summed E-state index contributed by atoms with van der Waals surface area (Å²) in [5, 5.41) is 10.5. The second kappa shape index (κ2) is 4.93. The third-order valence-electron chi connectivity index (χ3n) is 1.66. The van der Waals surface area contributed by atoms with E-state index < -0.39 is 16.4 Å². The van der Waals surface area contributed by atoms with Crippen molar-refractivity contribution >= 4 is 17.3 Å². The van der Waals surface area contributed by atoms with E-state index in [9.17, 15) is 14.5 Å². The third-order valence-corrected chi connectivity index (χ3v) is 1.96.